The normalized spacial score (nSPS) is 10.5. The molecule has 23 heavy (non-hydrogen) atoms. The number of nitrogen functional groups attached to an aromatic ring is 1. The minimum absolute atomic E-state index is 0.199. The topological polar surface area (TPSA) is 68.3 Å². The number of anilines is 2. The number of para-hydroxylation sites is 2. The van der Waals surface area contributed by atoms with E-state index in [-0.39, 0.29) is 11.7 Å². The molecule has 1 heterocycles. The molecule has 0 unspecified atom stereocenters. The van der Waals surface area contributed by atoms with E-state index < -0.39 is 0 Å². The number of halogens is 2. The van der Waals surface area contributed by atoms with Gasteiger partial charge in [0.15, 0.2) is 5.76 Å². The minimum Gasteiger partial charge on any atom is -0.451 e. The first kappa shape index (κ1) is 15.6. The van der Waals surface area contributed by atoms with Crippen LogP contribution in [0.15, 0.2) is 63.5 Å². The molecule has 116 valence electrons. The van der Waals surface area contributed by atoms with Crippen LogP contribution in [0.25, 0.3) is 11.3 Å². The van der Waals surface area contributed by atoms with Crippen LogP contribution in [0.5, 0.6) is 0 Å². The number of rotatable bonds is 3. The van der Waals surface area contributed by atoms with Gasteiger partial charge in [0, 0.05) is 15.1 Å². The molecule has 0 saturated carbocycles. The van der Waals surface area contributed by atoms with Gasteiger partial charge >= 0.3 is 0 Å². The Labute approximate surface area is 146 Å². The number of furan rings is 1. The van der Waals surface area contributed by atoms with E-state index in [0.29, 0.717) is 22.2 Å². The second kappa shape index (κ2) is 6.48. The molecule has 1 aromatic heterocycles. The Bertz CT molecular complexity index is 877. The fourth-order valence-corrected chi connectivity index (χ4v) is 2.97. The standard InChI is InChI=1S/C17H12BrClN2O2/c18-12-9-10(19)5-6-11(12)15-7-8-16(23-15)17(22)21-14-4-2-1-3-13(14)20/h1-9H,20H2,(H,21,22). The summed E-state index contributed by atoms with van der Waals surface area (Å²) in [6.45, 7) is 0. The second-order valence-electron chi connectivity index (χ2n) is 4.83. The van der Waals surface area contributed by atoms with E-state index in [1.54, 1.807) is 48.5 Å². The number of carbonyl (C=O) groups excluding carboxylic acids is 1. The van der Waals surface area contributed by atoms with Crippen molar-refractivity contribution in [1.82, 2.24) is 0 Å². The number of nitrogens with one attached hydrogen (secondary N) is 1. The van der Waals surface area contributed by atoms with Crippen LogP contribution >= 0.6 is 27.5 Å². The average Bonchev–Trinajstić information content (AvgIpc) is 2.99. The highest BCUT2D eigenvalue weighted by Crippen LogP contribution is 2.32. The molecule has 0 fully saturated rings. The maximum absolute atomic E-state index is 12.3. The molecule has 1 amide bonds. The SMILES string of the molecule is Nc1ccccc1NC(=O)c1ccc(-c2ccc(Cl)cc2Br)o1. The van der Waals surface area contributed by atoms with Crippen molar-refractivity contribution in [1.29, 1.82) is 0 Å². The molecule has 0 atom stereocenters. The fourth-order valence-electron chi connectivity index (χ4n) is 2.09. The maximum Gasteiger partial charge on any atom is 0.291 e. The monoisotopic (exact) mass is 390 g/mol. The average molecular weight is 392 g/mol. The van der Waals surface area contributed by atoms with Crippen molar-refractivity contribution in [3.05, 3.63) is 69.9 Å². The fraction of sp³-hybridized carbons (Fsp3) is 0. The van der Waals surface area contributed by atoms with Gasteiger partial charge < -0.3 is 15.5 Å². The van der Waals surface area contributed by atoms with Gasteiger partial charge in [0.2, 0.25) is 0 Å². The summed E-state index contributed by atoms with van der Waals surface area (Å²) in [5.41, 5.74) is 7.66. The third-order valence-corrected chi connectivity index (χ3v) is 4.13. The van der Waals surface area contributed by atoms with Crippen LogP contribution in [0.3, 0.4) is 0 Å². The van der Waals surface area contributed by atoms with Gasteiger partial charge in [0.25, 0.3) is 5.91 Å². The molecule has 6 heteroatoms. The zero-order valence-electron chi connectivity index (χ0n) is 11.8. The van der Waals surface area contributed by atoms with Crippen LogP contribution in [-0.2, 0) is 0 Å². The zero-order chi connectivity index (χ0) is 16.4. The van der Waals surface area contributed by atoms with Crippen molar-refractivity contribution in [2.45, 2.75) is 0 Å². The predicted octanol–water partition coefficient (Wildman–Crippen LogP) is 5.20. The van der Waals surface area contributed by atoms with Gasteiger partial charge in [-0.05, 0) is 58.4 Å². The third-order valence-electron chi connectivity index (χ3n) is 3.24. The van der Waals surface area contributed by atoms with E-state index in [1.807, 2.05) is 6.07 Å². The molecule has 4 nitrogen and oxygen atoms in total. The van der Waals surface area contributed by atoms with Crippen LogP contribution in [0.4, 0.5) is 11.4 Å². The van der Waals surface area contributed by atoms with Crippen molar-refractivity contribution in [2.75, 3.05) is 11.1 Å². The lowest BCUT2D eigenvalue weighted by Gasteiger charge is -2.06. The first-order valence-corrected chi connectivity index (χ1v) is 7.93. The summed E-state index contributed by atoms with van der Waals surface area (Å²) in [5, 5.41) is 3.34. The lowest BCUT2D eigenvalue weighted by Crippen LogP contribution is -2.12. The van der Waals surface area contributed by atoms with Crippen molar-refractivity contribution < 1.29 is 9.21 Å². The van der Waals surface area contributed by atoms with E-state index in [2.05, 4.69) is 21.2 Å². The Hall–Kier alpha value is -2.24. The van der Waals surface area contributed by atoms with Gasteiger partial charge in [-0.25, -0.2) is 0 Å². The summed E-state index contributed by atoms with van der Waals surface area (Å²) >= 11 is 9.36. The molecule has 2 aromatic carbocycles. The summed E-state index contributed by atoms with van der Waals surface area (Å²) in [5.74, 6) is 0.407. The zero-order valence-corrected chi connectivity index (χ0v) is 14.2. The highest BCUT2D eigenvalue weighted by atomic mass is 79.9. The van der Waals surface area contributed by atoms with Crippen LogP contribution in [-0.4, -0.2) is 5.91 Å². The molecule has 0 aliphatic carbocycles. The van der Waals surface area contributed by atoms with Gasteiger partial charge in [0.05, 0.1) is 11.4 Å². The number of amides is 1. The van der Waals surface area contributed by atoms with E-state index in [1.165, 1.54) is 0 Å². The molecule has 3 rings (SSSR count). The Kier molecular flexibility index (Phi) is 4.41. The highest BCUT2D eigenvalue weighted by molar-refractivity contribution is 9.10. The summed E-state index contributed by atoms with van der Waals surface area (Å²) in [7, 11) is 0. The van der Waals surface area contributed by atoms with Crippen molar-refractivity contribution >= 4 is 44.8 Å². The molecule has 3 aromatic rings. The maximum atomic E-state index is 12.3. The molecule has 0 aliphatic rings. The van der Waals surface area contributed by atoms with Gasteiger partial charge in [-0.1, -0.05) is 23.7 Å². The van der Waals surface area contributed by atoms with Crippen LogP contribution in [0, 0.1) is 0 Å². The smallest absolute Gasteiger partial charge is 0.291 e. The number of nitrogens with two attached hydrogens (primary N) is 1. The van der Waals surface area contributed by atoms with E-state index >= 15 is 0 Å². The summed E-state index contributed by atoms with van der Waals surface area (Å²) in [6.07, 6.45) is 0. The number of hydrogen-bond donors (Lipinski definition) is 2. The quantitative estimate of drug-likeness (QED) is 0.603. The molecule has 0 saturated heterocycles. The van der Waals surface area contributed by atoms with Gasteiger partial charge in [0.1, 0.15) is 5.76 Å². The minimum atomic E-state index is -0.362. The van der Waals surface area contributed by atoms with Crippen LogP contribution in [0.1, 0.15) is 10.6 Å². The number of hydrogen-bond acceptors (Lipinski definition) is 3. The molecule has 0 radical (unpaired) electrons. The Morgan fingerprint density at radius 2 is 1.91 bits per heavy atom. The highest BCUT2D eigenvalue weighted by Gasteiger charge is 2.15. The first-order chi connectivity index (χ1) is 11.0. The lowest BCUT2D eigenvalue weighted by molar-refractivity contribution is 0.0997. The van der Waals surface area contributed by atoms with Crippen LogP contribution < -0.4 is 11.1 Å². The Morgan fingerprint density at radius 1 is 1.13 bits per heavy atom. The van der Waals surface area contributed by atoms with Crippen molar-refractivity contribution in [3.8, 4) is 11.3 Å². The molecule has 0 bridgehead atoms. The summed E-state index contributed by atoms with van der Waals surface area (Å²) < 4.78 is 6.43. The predicted molar refractivity (Wildman–Crippen MR) is 95.7 cm³/mol. The summed E-state index contributed by atoms with van der Waals surface area (Å²) in [4.78, 5) is 12.3. The summed E-state index contributed by atoms with van der Waals surface area (Å²) in [6, 6.07) is 15.7. The van der Waals surface area contributed by atoms with Crippen molar-refractivity contribution in [3.63, 3.8) is 0 Å². The Balaban J connectivity index is 1.84. The molecular formula is C17H12BrClN2O2. The third kappa shape index (κ3) is 3.41. The van der Waals surface area contributed by atoms with Gasteiger partial charge in [-0.15, -0.1) is 0 Å². The van der Waals surface area contributed by atoms with Gasteiger partial charge in [-0.3, -0.25) is 4.79 Å². The molecule has 0 aliphatic heterocycles. The molecular weight excluding hydrogens is 380 g/mol. The second-order valence-corrected chi connectivity index (χ2v) is 6.12. The molecule has 3 N–H and O–H groups in total. The lowest BCUT2D eigenvalue weighted by atomic mass is 10.2. The largest absolute Gasteiger partial charge is 0.451 e. The Morgan fingerprint density at radius 3 is 2.65 bits per heavy atom. The van der Waals surface area contributed by atoms with E-state index in [4.69, 9.17) is 21.8 Å². The molecule has 0 spiro atoms. The van der Waals surface area contributed by atoms with E-state index in [9.17, 15) is 4.79 Å². The number of carbonyl (C=O) groups is 1. The van der Waals surface area contributed by atoms with Crippen LogP contribution in [0.2, 0.25) is 5.02 Å². The van der Waals surface area contributed by atoms with Gasteiger partial charge in [-0.2, -0.15) is 0 Å². The number of benzene rings is 2. The van der Waals surface area contributed by atoms with Crippen molar-refractivity contribution in [2.24, 2.45) is 0 Å². The van der Waals surface area contributed by atoms with E-state index in [0.717, 1.165) is 10.0 Å². The first-order valence-electron chi connectivity index (χ1n) is 6.76.